The summed E-state index contributed by atoms with van der Waals surface area (Å²) in [6.45, 7) is 9.23. The molecule has 0 fully saturated rings. The second kappa shape index (κ2) is 18.2. The van der Waals surface area contributed by atoms with Crippen molar-refractivity contribution in [3.05, 3.63) is 42.0 Å². The second-order valence-electron chi connectivity index (χ2n) is 13.6. The van der Waals surface area contributed by atoms with Crippen LogP contribution >= 0.6 is 6.75 Å². The molecule has 1 amide bonds. The van der Waals surface area contributed by atoms with E-state index in [4.69, 9.17) is 4.74 Å². The van der Waals surface area contributed by atoms with E-state index in [-0.39, 0.29) is 57.2 Å². The molecule has 1 aromatic carbocycles. The third-order valence-corrected chi connectivity index (χ3v) is 23.1. The van der Waals surface area contributed by atoms with E-state index in [9.17, 15) is 48.0 Å². The monoisotopic (exact) mass is 784 g/mol. The van der Waals surface area contributed by atoms with E-state index in [2.05, 4.69) is 11.9 Å². The number of carbonyl (C=O) groups excluding carboxylic acids is 1. The molecule has 1 N–H and O–H groups in total. The van der Waals surface area contributed by atoms with Crippen molar-refractivity contribution in [2.75, 3.05) is 31.3 Å². The Kier molecular flexibility index (Phi) is 16.8. The van der Waals surface area contributed by atoms with E-state index in [0.717, 1.165) is 16.7 Å². The number of carbonyl (C=O) groups is 1. The first-order valence-corrected chi connectivity index (χ1v) is 22.8. The number of ether oxygens (including phenoxy) is 1. The molecule has 0 aliphatic carbocycles. The Bertz CT molecular complexity index is 1430. The average Bonchev–Trinajstić information content (AvgIpc) is 3.00. The zero-order valence-corrected chi connectivity index (χ0v) is 32.6. The van der Waals surface area contributed by atoms with Gasteiger partial charge in [0.1, 0.15) is 0 Å². The summed E-state index contributed by atoms with van der Waals surface area (Å²) in [6.07, 6.45) is -0.271. The molecule has 0 radical (unpaired) electrons. The Hall–Kier alpha value is -1.90. The predicted octanol–water partition coefficient (Wildman–Crippen LogP) is 10.1. The Balaban J connectivity index is 3.34. The second-order valence-corrected chi connectivity index (χ2v) is 23.9. The van der Waals surface area contributed by atoms with Gasteiger partial charge in [-0.25, -0.2) is 0 Å². The summed E-state index contributed by atoms with van der Waals surface area (Å²) in [6, 6.07) is 7.50. The van der Waals surface area contributed by atoms with E-state index in [0.29, 0.717) is 32.1 Å². The molecule has 0 saturated carbocycles. The standard InChI is InChI=1S/C33H55F6N2O6PS2/c1-8-11-22-48(23-12-9-2,24-13-10-3,41(49(43,44)32(34,35)36)50(45,46)33(37,38)39)25-17-15-14-16-21-47-30(42)40-31(6,7)29-20-18-19-28(26-29)27(4)5/h18-20,26H,4,8-17,21-25H2,1-3,5-7H3,(H,40,42). The van der Waals surface area contributed by atoms with Gasteiger partial charge in [0.25, 0.3) is 0 Å². The van der Waals surface area contributed by atoms with E-state index < -0.39 is 59.1 Å². The van der Waals surface area contributed by atoms with E-state index >= 15 is 0 Å². The fourth-order valence-corrected chi connectivity index (χ4v) is 22.0. The van der Waals surface area contributed by atoms with Crippen LogP contribution in [0.2, 0.25) is 0 Å². The van der Waals surface area contributed by atoms with Crippen molar-refractivity contribution in [3.8, 4) is 0 Å². The van der Waals surface area contributed by atoms with Crippen LogP contribution in [0.3, 0.4) is 0 Å². The zero-order valence-electron chi connectivity index (χ0n) is 30.1. The van der Waals surface area contributed by atoms with Crippen LogP contribution in [0.1, 0.15) is 117 Å². The van der Waals surface area contributed by atoms with Gasteiger partial charge >= 0.3 is 259 Å². The molecule has 50 heavy (non-hydrogen) atoms. The van der Waals surface area contributed by atoms with Gasteiger partial charge in [-0.3, -0.25) is 0 Å². The molecule has 8 nitrogen and oxygen atoms in total. The molecule has 0 atom stereocenters. The normalized spacial score (nSPS) is 14.3. The van der Waals surface area contributed by atoms with Gasteiger partial charge in [0.2, 0.25) is 0 Å². The summed E-state index contributed by atoms with van der Waals surface area (Å²) >= 11 is 0. The number of alkyl carbamates (subject to hydrolysis) is 1. The molecule has 1 aromatic rings. The third kappa shape index (κ3) is 11.3. The zero-order chi connectivity index (χ0) is 38.7. The maximum atomic E-state index is 14.2. The Labute approximate surface area is 294 Å². The molecule has 0 unspecified atom stereocenters. The van der Waals surface area contributed by atoms with Crippen molar-refractivity contribution in [1.82, 2.24) is 8.80 Å². The maximum absolute atomic E-state index is 14.2. The van der Waals surface area contributed by atoms with Crippen molar-refractivity contribution in [2.24, 2.45) is 0 Å². The molecule has 0 aliphatic rings. The van der Waals surface area contributed by atoms with Crippen molar-refractivity contribution in [3.63, 3.8) is 0 Å². The van der Waals surface area contributed by atoms with Crippen LogP contribution in [0.15, 0.2) is 30.8 Å². The number of hydrogen-bond donors (Lipinski definition) is 1. The molecule has 0 aromatic heterocycles. The van der Waals surface area contributed by atoms with Crippen LogP contribution in [-0.4, -0.2) is 68.7 Å². The van der Waals surface area contributed by atoms with Gasteiger partial charge in [-0.1, -0.05) is 24.3 Å². The first-order chi connectivity index (χ1) is 22.9. The summed E-state index contributed by atoms with van der Waals surface area (Å²) in [4.78, 5) is 12.6. The quantitative estimate of drug-likeness (QED) is 0.0712. The van der Waals surface area contributed by atoms with Crippen molar-refractivity contribution in [1.29, 1.82) is 0 Å². The Morgan fingerprint density at radius 3 is 1.64 bits per heavy atom. The molecule has 0 saturated heterocycles. The first kappa shape index (κ1) is 46.1. The van der Waals surface area contributed by atoms with E-state index in [1.54, 1.807) is 34.6 Å². The summed E-state index contributed by atoms with van der Waals surface area (Å²) in [5.41, 5.74) is -10.8. The fourth-order valence-electron chi connectivity index (χ4n) is 6.28. The SMILES string of the molecule is C=C(C)c1cccc(C(C)(C)NC(=O)OCCCCCCP(CCCC)(CCCC)(CCCC)N(S(=O)(=O)C(F)(F)F)S(=O)(=O)C(F)(F)F)c1. The van der Waals surface area contributed by atoms with E-state index in [1.807, 2.05) is 31.2 Å². The van der Waals surface area contributed by atoms with Crippen molar-refractivity contribution < 1.29 is 52.7 Å². The van der Waals surface area contributed by atoms with Gasteiger partial charge in [-0.2, -0.15) is 0 Å². The predicted molar refractivity (Wildman–Crippen MR) is 190 cm³/mol. The molecule has 0 spiro atoms. The van der Waals surface area contributed by atoms with Gasteiger partial charge in [0.15, 0.2) is 0 Å². The van der Waals surface area contributed by atoms with Crippen LogP contribution in [0.25, 0.3) is 5.57 Å². The molecule has 0 heterocycles. The van der Waals surface area contributed by atoms with Crippen molar-refractivity contribution >= 4 is 38.5 Å². The molecule has 0 bridgehead atoms. The molecule has 292 valence electrons. The van der Waals surface area contributed by atoms with Crippen LogP contribution in [-0.2, 0) is 30.3 Å². The van der Waals surface area contributed by atoms with Crippen molar-refractivity contribution in [2.45, 2.75) is 122 Å². The van der Waals surface area contributed by atoms with Gasteiger partial charge in [-0.05, 0) is 12.5 Å². The minimum absolute atomic E-state index is 0.00942. The van der Waals surface area contributed by atoms with Gasteiger partial charge in [-0.15, -0.1) is 0 Å². The number of unbranched alkanes of at least 4 members (excludes halogenated alkanes) is 6. The molecular weight excluding hydrogens is 729 g/mol. The van der Waals surface area contributed by atoms with Crippen LogP contribution in [0.4, 0.5) is 31.1 Å². The van der Waals surface area contributed by atoms with Crippen LogP contribution < -0.4 is 5.32 Å². The average molecular weight is 785 g/mol. The number of hydrogen-bond acceptors (Lipinski definition) is 6. The van der Waals surface area contributed by atoms with Gasteiger partial charge in [0, 0.05) is 0 Å². The number of rotatable bonds is 22. The Morgan fingerprint density at radius 1 is 0.780 bits per heavy atom. The van der Waals surface area contributed by atoms with Gasteiger partial charge in [0.05, 0.1) is 0 Å². The fraction of sp³-hybridized carbons (Fsp3) is 0.727. The summed E-state index contributed by atoms with van der Waals surface area (Å²) in [5, 5.41) is 2.80. The van der Waals surface area contributed by atoms with Gasteiger partial charge < -0.3 is 0 Å². The van der Waals surface area contributed by atoms with Crippen LogP contribution in [0.5, 0.6) is 0 Å². The van der Waals surface area contributed by atoms with Crippen LogP contribution in [0, 0.1) is 0 Å². The first-order valence-electron chi connectivity index (χ1n) is 17.0. The Morgan fingerprint density at radius 2 is 1.22 bits per heavy atom. The summed E-state index contributed by atoms with van der Waals surface area (Å²) < 4.78 is 142. The number of nitrogens with zero attached hydrogens (tertiary/aromatic N) is 1. The number of allylic oxidation sites excluding steroid dienone is 1. The molecule has 17 heteroatoms. The number of nitrogens with one attached hydrogen (secondary N) is 1. The number of halogens is 6. The number of sulfonamides is 2. The minimum atomic E-state index is -6.97. The summed E-state index contributed by atoms with van der Waals surface area (Å²) in [7, 11) is -13.9. The number of benzene rings is 1. The number of amides is 1. The van der Waals surface area contributed by atoms with E-state index in [1.165, 1.54) is 0 Å². The molecular formula is C33H55F6N2O6PS2. The molecule has 1 rings (SSSR count). The summed E-state index contributed by atoms with van der Waals surface area (Å²) in [5.74, 6) is 0. The number of alkyl halides is 6. The molecule has 0 aliphatic heterocycles. The topological polar surface area (TPSA) is 110 Å². The third-order valence-electron chi connectivity index (χ3n) is 9.07.